The van der Waals surface area contributed by atoms with E-state index in [1.807, 2.05) is 0 Å². The van der Waals surface area contributed by atoms with E-state index < -0.39 is 29.7 Å². The maximum absolute atomic E-state index is 11.7. The first-order valence-electron chi connectivity index (χ1n) is 5.10. The maximum atomic E-state index is 11.7. The molecule has 1 heterocycles. The molecule has 0 aliphatic carbocycles. The summed E-state index contributed by atoms with van der Waals surface area (Å²) in [6, 6.07) is 0. The van der Waals surface area contributed by atoms with Gasteiger partial charge in [-0.05, 0) is 6.92 Å². The van der Waals surface area contributed by atoms with E-state index in [4.69, 9.17) is 21.1 Å². The van der Waals surface area contributed by atoms with Crippen LogP contribution in [0.4, 0.5) is 0 Å². The summed E-state index contributed by atoms with van der Waals surface area (Å²) in [6.45, 7) is 1.47. The molecule has 3 N–H and O–H groups in total. The molecule has 0 bridgehead atoms. The van der Waals surface area contributed by atoms with Gasteiger partial charge in [-0.3, -0.25) is 0 Å². The molecule has 0 aromatic heterocycles. The van der Waals surface area contributed by atoms with Gasteiger partial charge in [-0.2, -0.15) is 0 Å². The molecule has 0 amide bonds. The van der Waals surface area contributed by atoms with Crippen molar-refractivity contribution >= 4 is 17.6 Å². The first-order valence-corrected chi connectivity index (χ1v) is 5.48. The summed E-state index contributed by atoms with van der Waals surface area (Å²) in [7, 11) is 1.20. The summed E-state index contributed by atoms with van der Waals surface area (Å²) in [5.74, 6) is -2.31. The number of hydrogen-bond acceptors (Lipinski definition) is 6. The Labute approximate surface area is 107 Å². The fraction of sp³-hybridized carbons (Fsp3) is 0.364. The van der Waals surface area contributed by atoms with Crippen LogP contribution in [-0.2, 0) is 4.74 Å². The fourth-order valence-electron chi connectivity index (χ4n) is 1.89. The second-order valence-electron chi connectivity index (χ2n) is 3.89. The number of hydrogen-bond donors (Lipinski definition) is 3. The highest BCUT2D eigenvalue weighted by molar-refractivity contribution is 6.34. The molecule has 0 unspecified atom stereocenters. The molecule has 0 saturated carbocycles. The summed E-state index contributed by atoms with van der Waals surface area (Å²) in [5, 5.41) is 29.3. The zero-order valence-electron chi connectivity index (χ0n) is 9.60. The van der Waals surface area contributed by atoms with Gasteiger partial charge < -0.3 is 24.8 Å². The Kier molecular flexibility index (Phi) is 3.00. The number of phenols is 2. The van der Waals surface area contributed by atoms with E-state index in [2.05, 4.69) is 0 Å². The second kappa shape index (κ2) is 4.22. The highest BCUT2D eigenvalue weighted by Crippen LogP contribution is 2.50. The third-order valence-corrected chi connectivity index (χ3v) is 3.20. The zero-order chi connectivity index (χ0) is 13.6. The van der Waals surface area contributed by atoms with Crippen LogP contribution in [0.2, 0.25) is 5.02 Å². The number of benzene rings is 1. The average Bonchev–Trinajstić information content (AvgIpc) is 2.31. The quantitative estimate of drug-likeness (QED) is 0.669. The van der Waals surface area contributed by atoms with Crippen LogP contribution in [0, 0.1) is 0 Å². The van der Waals surface area contributed by atoms with Gasteiger partial charge in [0.25, 0.3) is 0 Å². The Balaban J connectivity index is 2.82. The lowest BCUT2D eigenvalue weighted by Crippen LogP contribution is -2.30. The van der Waals surface area contributed by atoms with Crippen molar-refractivity contribution in [3.05, 3.63) is 16.1 Å². The standard InChI is InChI=1S/C11H11ClO6/c1-3-7(13)4-5(11(16)18-3)8(14)10(17-2)9(15)6(4)12/h3,7,13-15H,1-2H3/t3-,7-/m0/s1. The van der Waals surface area contributed by atoms with E-state index in [1.165, 1.54) is 14.0 Å². The number of rotatable bonds is 1. The first kappa shape index (κ1) is 12.8. The van der Waals surface area contributed by atoms with Crippen molar-refractivity contribution in [2.45, 2.75) is 19.1 Å². The predicted octanol–water partition coefficient (Wildman–Crippen LogP) is 1.35. The van der Waals surface area contributed by atoms with Crippen LogP contribution >= 0.6 is 11.6 Å². The van der Waals surface area contributed by atoms with Gasteiger partial charge in [0.05, 0.1) is 12.1 Å². The van der Waals surface area contributed by atoms with Crippen LogP contribution in [0.1, 0.15) is 28.9 Å². The van der Waals surface area contributed by atoms with Crippen LogP contribution in [-0.4, -0.2) is 34.5 Å². The molecule has 98 valence electrons. The van der Waals surface area contributed by atoms with Crippen LogP contribution in [0.3, 0.4) is 0 Å². The number of halogens is 1. The molecule has 1 aromatic carbocycles. The van der Waals surface area contributed by atoms with Crippen LogP contribution in [0.25, 0.3) is 0 Å². The van der Waals surface area contributed by atoms with E-state index in [1.54, 1.807) is 0 Å². The minimum atomic E-state index is -1.23. The van der Waals surface area contributed by atoms with E-state index in [9.17, 15) is 20.1 Å². The van der Waals surface area contributed by atoms with Gasteiger partial charge in [0, 0.05) is 5.56 Å². The van der Waals surface area contributed by atoms with Gasteiger partial charge in [0.1, 0.15) is 17.8 Å². The highest BCUT2D eigenvalue weighted by atomic mass is 35.5. The number of methoxy groups -OCH3 is 1. The van der Waals surface area contributed by atoms with Gasteiger partial charge >= 0.3 is 5.97 Å². The largest absolute Gasteiger partial charge is 0.504 e. The highest BCUT2D eigenvalue weighted by Gasteiger charge is 2.39. The zero-order valence-corrected chi connectivity index (χ0v) is 10.4. The molecule has 1 aromatic rings. The first-order chi connectivity index (χ1) is 8.40. The van der Waals surface area contributed by atoms with Crippen molar-refractivity contribution in [3.8, 4) is 17.2 Å². The number of aliphatic hydroxyl groups excluding tert-OH is 1. The van der Waals surface area contributed by atoms with Gasteiger partial charge in [0.15, 0.2) is 11.5 Å². The Bertz CT molecular complexity index is 527. The molecule has 7 heteroatoms. The van der Waals surface area contributed by atoms with Gasteiger partial charge in [-0.25, -0.2) is 4.79 Å². The monoisotopic (exact) mass is 274 g/mol. The number of fused-ring (bicyclic) bond motifs is 1. The van der Waals surface area contributed by atoms with Crippen molar-refractivity contribution in [2.24, 2.45) is 0 Å². The van der Waals surface area contributed by atoms with Crippen molar-refractivity contribution in [3.63, 3.8) is 0 Å². The third kappa shape index (κ3) is 1.57. The second-order valence-corrected chi connectivity index (χ2v) is 4.27. The molecular weight excluding hydrogens is 264 g/mol. The molecule has 1 aliphatic heterocycles. The molecule has 18 heavy (non-hydrogen) atoms. The van der Waals surface area contributed by atoms with Crippen molar-refractivity contribution in [2.75, 3.05) is 7.11 Å². The molecular formula is C11H11ClO6. The molecule has 1 aliphatic rings. The van der Waals surface area contributed by atoms with Gasteiger partial charge in [-0.1, -0.05) is 11.6 Å². The van der Waals surface area contributed by atoms with E-state index in [0.29, 0.717) is 0 Å². The summed E-state index contributed by atoms with van der Waals surface area (Å²) in [6.07, 6.45) is -2.05. The molecule has 2 atom stereocenters. The van der Waals surface area contributed by atoms with E-state index in [-0.39, 0.29) is 21.9 Å². The van der Waals surface area contributed by atoms with Crippen LogP contribution in [0.5, 0.6) is 17.2 Å². The number of ether oxygens (including phenoxy) is 2. The Morgan fingerprint density at radius 3 is 2.50 bits per heavy atom. The Morgan fingerprint density at radius 2 is 1.94 bits per heavy atom. The average molecular weight is 275 g/mol. The fourth-order valence-corrected chi connectivity index (χ4v) is 2.19. The Morgan fingerprint density at radius 1 is 1.33 bits per heavy atom. The topological polar surface area (TPSA) is 96.2 Å². The van der Waals surface area contributed by atoms with Crippen molar-refractivity contribution in [1.29, 1.82) is 0 Å². The number of esters is 1. The summed E-state index contributed by atoms with van der Waals surface area (Å²) in [5.41, 5.74) is -0.350. The van der Waals surface area contributed by atoms with Crippen LogP contribution in [0.15, 0.2) is 0 Å². The van der Waals surface area contributed by atoms with Crippen molar-refractivity contribution < 1.29 is 29.6 Å². The molecule has 0 radical (unpaired) electrons. The number of aromatic hydroxyl groups is 2. The number of aliphatic hydroxyl groups is 1. The summed E-state index contributed by atoms with van der Waals surface area (Å²) < 4.78 is 9.61. The lowest BCUT2D eigenvalue weighted by Gasteiger charge is -2.29. The van der Waals surface area contributed by atoms with E-state index >= 15 is 0 Å². The number of phenolic OH excluding ortho intramolecular Hbond substituents is 2. The minimum absolute atomic E-state index is 0.0591. The molecule has 6 nitrogen and oxygen atoms in total. The smallest absolute Gasteiger partial charge is 0.342 e. The SMILES string of the molecule is COc1c(O)c(Cl)c2c(c1O)C(=O)O[C@@H](C)[C@@H]2O. The Hall–Kier alpha value is -1.66. The predicted molar refractivity (Wildman–Crippen MR) is 61.2 cm³/mol. The van der Waals surface area contributed by atoms with Crippen molar-refractivity contribution in [1.82, 2.24) is 0 Å². The third-order valence-electron chi connectivity index (χ3n) is 2.82. The summed E-state index contributed by atoms with van der Waals surface area (Å²) in [4.78, 5) is 11.7. The number of cyclic esters (lactones) is 1. The molecule has 2 rings (SSSR count). The van der Waals surface area contributed by atoms with E-state index in [0.717, 1.165) is 0 Å². The molecule has 0 spiro atoms. The molecule has 0 saturated heterocycles. The van der Waals surface area contributed by atoms with Gasteiger partial charge in [0.2, 0.25) is 5.75 Å². The number of carbonyl (C=O) groups is 1. The number of carbonyl (C=O) groups excluding carboxylic acids is 1. The lowest BCUT2D eigenvalue weighted by molar-refractivity contribution is -0.0218. The molecule has 0 fully saturated rings. The maximum Gasteiger partial charge on any atom is 0.342 e. The lowest BCUT2D eigenvalue weighted by atomic mass is 9.94. The van der Waals surface area contributed by atoms with Crippen LogP contribution < -0.4 is 4.74 Å². The van der Waals surface area contributed by atoms with Gasteiger partial charge in [-0.15, -0.1) is 0 Å². The normalized spacial score (nSPS) is 22.3. The minimum Gasteiger partial charge on any atom is -0.504 e. The summed E-state index contributed by atoms with van der Waals surface area (Å²) >= 11 is 5.88.